The lowest BCUT2D eigenvalue weighted by Gasteiger charge is -2.20. The van der Waals surface area contributed by atoms with E-state index in [0.717, 1.165) is 30.6 Å². The normalized spacial score (nSPS) is 21.4. The van der Waals surface area contributed by atoms with Crippen molar-refractivity contribution in [2.45, 2.75) is 31.6 Å². The standard InChI is InChI=1S/C13H16O2/c1-15-11-8-6-10(7-9-11)12-4-2-3-5-13(12)14/h6-9,12H,2-5H2,1H3. The topological polar surface area (TPSA) is 26.3 Å². The zero-order valence-electron chi connectivity index (χ0n) is 9.03. The minimum Gasteiger partial charge on any atom is -0.497 e. The second-order valence-electron chi connectivity index (χ2n) is 4.04. The summed E-state index contributed by atoms with van der Waals surface area (Å²) < 4.78 is 5.10. The number of carbonyl (C=O) groups is 1. The summed E-state index contributed by atoms with van der Waals surface area (Å²) in [6.45, 7) is 0. The molecule has 1 atom stereocenters. The molecule has 1 aromatic rings. The third kappa shape index (κ3) is 2.20. The van der Waals surface area contributed by atoms with Gasteiger partial charge in [-0.2, -0.15) is 0 Å². The van der Waals surface area contributed by atoms with E-state index in [1.165, 1.54) is 6.42 Å². The maximum Gasteiger partial charge on any atom is 0.140 e. The van der Waals surface area contributed by atoms with E-state index >= 15 is 0 Å². The van der Waals surface area contributed by atoms with E-state index in [4.69, 9.17) is 4.74 Å². The fraction of sp³-hybridized carbons (Fsp3) is 0.462. The molecule has 0 spiro atoms. The highest BCUT2D eigenvalue weighted by molar-refractivity contribution is 5.86. The molecule has 2 rings (SSSR count). The van der Waals surface area contributed by atoms with Crippen LogP contribution in [-0.4, -0.2) is 12.9 Å². The van der Waals surface area contributed by atoms with E-state index in [1.807, 2.05) is 24.3 Å². The van der Waals surface area contributed by atoms with Gasteiger partial charge in [0.05, 0.1) is 7.11 Å². The molecular formula is C13H16O2. The van der Waals surface area contributed by atoms with E-state index < -0.39 is 0 Å². The second kappa shape index (κ2) is 4.47. The summed E-state index contributed by atoms with van der Waals surface area (Å²) in [6.07, 6.45) is 3.98. The van der Waals surface area contributed by atoms with Crippen molar-refractivity contribution >= 4 is 5.78 Å². The molecule has 1 fully saturated rings. The molecule has 0 radical (unpaired) electrons. The smallest absolute Gasteiger partial charge is 0.140 e. The Morgan fingerprint density at radius 1 is 1.20 bits per heavy atom. The molecule has 1 saturated carbocycles. The minimum absolute atomic E-state index is 0.129. The Balaban J connectivity index is 2.17. The van der Waals surface area contributed by atoms with Crippen LogP contribution in [0.25, 0.3) is 0 Å². The predicted molar refractivity (Wildman–Crippen MR) is 59.2 cm³/mol. The zero-order chi connectivity index (χ0) is 10.7. The van der Waals surface area contributed by atoms with Gasteiger partial charge < -0.3 is 4.74 Å². The van der Waals surface area contributed by atoms with Crippen LogP contribution in [0.3, 0.4) is 0 Å². The largest absolute Gasteiger partial charge is 0.497 e. The number of ether oxygens (including phenoxy) is 1. The highest BCUT2D eigenvalue weighted by atomic mass is 16.5. The summed E-state index contributed by atoms with van der Waals surface area (Å²) in [5.74, 6) is 1.37. The van der Waals surface area contributed by atoms with Gasteiger partial charge in [0.15, 0.2) is 0 Å². The van der Waals surface area contributed by atoms with Crippen molar-refractivity contribution < 1.29 is 9.53 Å². The third-order valence-electron chi connectivity index (χ3n) is 3.07. The number of ketones is 1. The van der Waals surface area contributed by atoms with Crippen LogP contribution in [0.4, 0.5) is 0 Å². The molecular weight excluding hydrogens is 188 g/mol. The molecule has 1 aliphatic carbocycles. The predicted octanol–water partition coefficient (Wildman–Crippen LogP) is 2.92. The van der Waals surface area contributed by atoms with Crippen molar-refractivity contribution in [2.75, 3.05) is 7.11 Å². The van der Waals surface area contributed by atoms with E-state index in [9.17, 15) is 4.79 Å². The van der Waals surface area contributed by atoms with E-state index in [2.05, 4.69) is 0 Å². The molecule has 0 aromatic heterocycles. The van der Waals surface area contributed by atoms with E-state index in [1.54, 1.807) is 7.11 Å². The quantitative estimate of drug-likeness (QED) is 0.740. The molecule has 1 aromatic carbocycles. The molecule has 1 aliphatic rings. The van der Waals surface area contributed by atoms with E-state index in [-0.39, 0.29) is 5.92 Å². The average Bonchev–Trinajstić information content (AvgIpc) is 2.30. The Kier molecular flexibility index (Phi) is 3.05. The number of hydrogen-bond donors (Lipinski definition) is 0. The molecule has 0 heterocycles. The van der Waals surface area contributed by atoms with Gasteiger partial charge in [0, 0.05) is 12.3 Å². The molecule has 2 nitrogen and oxygen atoms in total. The van der Waals surface area contributed by atoms with Gasteiger partial charge in [-0.3, -0.25) is 4.79 Å². The molecule has 15 heavy (non-hydrogen) atoms. The molecule has 0 saturated heterocycles. The van der Waals surface area contributed by atoms with Crippen LogP contribution < -0.4 is 4.74 Å². The summed E-state index contributed by atoms with van der Waals surface area (Å²) in [5.41, 5.74) is 1.14. The maximum atomic E-state index is 11.7. The molecule has 80 valence electrons. The lowest BCUT2D eigenvalue weighted by Crippen LogP contribution is -2.16. The fourth-order valence-electron chi connectivity index (χ4n) is 2.17. The van der Waals surface area contributed by atoms with Gasteiger partial charge in [0.1, 0.15) is 11.5 Å². The number of hydrogen-bond acceptors (Lipinski definition) is 2. The summed E-state index contributed by atoms with van der Waals surface area (Å²) in [5, 5.41) is 0. The lowest BCUT2D eigenvalue weighted by atomic mass is 9.83. The second-order valence-corrected chi connectivity index (χ2v) is 4.04. The number of benzene rings is 1. The highest BCUT2D eigenvalue weighted by Gasteiger charge is 2.23. The monoisotopic (exact) mass is 204 g/mol. The van der Waals surface area contributed by atoms with Gasteiger partial charge in [0.2, 0.25) is 0 Å². The molecule has 0 bridgehead atoms. The summed E-state index contributed by atoms with van der Waals surface area (Å²) in [6, 6.07) is 7.87. The van der Waals surface area contributed by atoms with Gasteiger partial charge in [-0.05, 0) is 30.5 Å². The summed E-state index contributed by atoms with van der Waals surface area (Å²) in [4.78, 5) is 11.7. The van der Waals surface area contributed by atoms with Crippen molar-refractivity contribution in [1.29, 1.82) is 0 Å². The number of carbonyl (C=O) groups excluding carboxylic acids is 1. The van der Waals surface area contributed by atoms with Gasteiger partial charge >= 0.3 is 0 Å². The van der Waals surface area contributed by atoms with Crippen LogP contribution in [0.15, 0.2) is 24.3 Å². The van der Waals surface area contributed by atoms with Gasteiger partial charge in [-0.25, -0.2) is 0 Å². The first-order chi connectivity index (χ1) is 7.31. The van der Waals surface area contributed by atoms with Crippen molar-refractivity contribution in [3.05, 3.63) is 29.8 Å². The lowest BCUT2D eigenvalue weighted by molar-refractivity contribution is -0.121. The Bertz CT molecular complexity index is 340. The summed E-state index contributed by atoms with van der Waals surface area (Å²) >= 11 is 0. The molecule has 1 unspecified atom stereocenters. The van der Waals surface area contributed by atoms with Crippen LogP contribution in [0.5, 0.6) is 5.75 Å². The fourth-order valence-corrected chi connectivity index (χ4v) is 2.17. The van der Waals surface area contributed by atoms with Crippen LogP contribution in [0, 0.1) is 0 Å². The number of Topliss-reactive ketones (excluding diaryl/α,β-unsaturated/α-hetero) is 1. The maximum absolute atomic E-state index is 11.7. The number of methoxy groups -OCH3 is 1. The van der Waals surface area contributed by atoms with Crippen LogP contribution >= 0.6 is 0 Å². The first kappa shape index (κ1) is 10.2. The Morgan fingerprint density at radius 3 is 2.53 bits per heavy atom. The minimum atomic E-state index is 0.129. The number of rotatable bonds is 2. The van der Waals surface area contributed by atoms with Crippen molar-refractivity contribution in [3.63, 3.8) is 0 Å². The Hall–Kier alpha value is -1.31. The SMILES string of the molecule is COc1ccc(C2CCCCC2=O)cc1. The molecule has 0 amide bonds. The van der Waals surface area contributed by atoms with Crippen molar-refractivity contribution in [1.82, 2.24) is 0 Å². The van der Waals surface area contributed by atoms with E-state index in [0.29, 0.717) is 5.78 Å². The third-order valence-corrected chi connectivity index (χ3v) is 3.07. The molecule has 0 aliphatic heterocycles. The van der Waals surface area contributed by atoms with Gasteiger partial charge in [-0.15, -0.1) is 0 Å². The Labute approximate surface area is 90.3 Å². The first-order valence-corrected chi connectivity index (χ1v) is 5.48. The first-order valence-electron chi connectivity index (χ1n) is 5.48. The average molecular weight is 204 g/mol. The van der Waals surface area contributed by atoms with Crippen molar-refractivity contribution in [2.24, 2.45) is 0 Å². The van der Waals surface area contributed by atoms with Gasteiger partial charge in [-0.1, -0.05) is 18.6 Å². The molecule has 0 N–H and O–H groups in total. The van der Waals surface area contributed by atoms with Gasteiger partial charge in [0.25, 0.3) is 0 Å². The van der Waals surface area contributed by atoms with Crippen LogP contribution in [0.2, 0.25) is 0 Å². The van der Waals surface area contributed by atoms with Crippen molar-refractivity contribution in [3.8, 4) is 5.75 Å². The highest BCUT2D eigenvalue weighted by Crippen LogP contribution is 2.30. The zero-order valence-corrected chi connectivity index (χ0v) is 9.03. The van der Waals surface area contributed by atoms with Crippen LogP contribution in [0.1, 0.15) is 37.2 Å². The van der Waals surface area contributed by atoms with Crippen LogP contribution in [-0.2, 0) is 4.79 Å². The Morgan fingerprint density at radius 2 is 1.93 bits per heavy atom. The summed E-state index contributed by atoms with van der Waals surface area (Å²) in [7, 11) is 1.65. The molecule has 2 heteroatoms.